The first kappa shape index (κ1) is 11.7. The maximum atomic E-state index is 10.2. The standard InChI is InChI=1S/C6H8O2.Na.H/c1-3-5-8-6(7)4-2;;/h3-4H,1-2,5H2;;. The molecule has 3 heteroatoms. The second kappa shape index (κ2) is 7.95. The third kappa shape index (κ3) is 7.95. The molecule has 0 N–H and O–H groups in total. The molecular weight excluding hydrogens is 127 g/mol. The van der Waals surface area contributed by atoms with E-state index in [4.69, 9.17) is 0 Å². The molecule has 0 saturated heterocycles. The molecule has 0 atom stereocenters. The Hall–Kier alpha value is -0.0500. The Morgan fingerprint density at radius 1 is 1.56 bits per heavy atom. The van der Waals surface area contributed by atoms with E-state index in [2.05, 4.69) is 17.9 Å². The Balaban J connectivity index is 0. The average molecular weight is 136 g/mol. The third-order valence-corrected chi connectivity index (χ3v) is 0.510. The van der Waals surface area contributed by atoms with Gasteiger partial charge in [-0.25, -0.2) is 4.79 Å². The van der Waals surface area contributed by atoms with Crippen LogP contribution in [0.4, 0.5) is 0 Å². The zero-order valence-electron chi connectivity index (χ0n) is 4.59. The van der Waals surface area contributed by atoms with Crippen LogP contribution in [-0.4, -0.2) is 42.1 Å². The summed E-state index contributed by atoms with van der Waals surface area (Å²) in [5, 5.41) is 0. The van der Waals surface area contributed by atoms with Crippen LogP contribution in [0.1, 0.15) is 0 Å². The van der Waals surface area contributed by atoms with Gasteiger partial charge in [-0.2, -0.15) is 0 Å². The summed E-state index contributed by atoms with van der Waals surface area (Å²) in [6, 6.07) is 0. The minimum atomic E-state index is -0.412. The molecule has 0 rings (SSSR count). The second-order valence-electron chi connectivity index (χ2n) is 1.12. The maximum absolute atomic E-state index is 10.2. The van der Waals surface area contributed by atoms with Crippen LogP contribution < -0.4 is 0 Å². The van der Waals surface area contributed by atoms with Crippen molar-refractivity contribution in [2.24, 2.45) is 0 Å². The van der Waals surface area contributed by atoms with Crippen LogP contribution >= 0.6 is 0 Å². The van der Waals surface area contributed by atoms with E-state index in [0.29, 0.717) is 0 Å². The van der Waals surface area contributed by atoms with Crippen LogP contribution in [0.3, 0.4) is 0 Å². The molecule has 2 nitrogen and oxygen atoms in total. The van der Waals surface area contributed by atoms with Crippen molar-refractivity contribution in [3.63, 3.8) is 0 Å². The van der Waals surface area contributed by atoms with Crippen molar-refractivity contribution in [1.82, 2.24) is 0 Å². The number of esters is 1. The summed E-state index contributed by atoms with van der Waals surface area (Å²) in [4.78, 5) is 10.2. The Kier molecular flexibility index (Phi) is 10.3. The predicted octanol–water partition coefficient (Wildman–Crippen LogP) is 0.253. The molecule has 0 spiro atoms. The SMILES string of the molecule is C=CCOC(=O)C=C.[NaH]. The Morgan fingerprint density at radius 3 is 2.44 bits per heavy atom. The topological polar surface area (TPSA) is 26.3 Å². The van der Waals surface area contributed by atoms with E-state index in [1.54, 1.807) is 0 Å². The van der Waals surface area contributed by atoms with E-state index in [9.17, 15) is 4.79 Å². The number of rotatable bonds is 3. The van der Waals surface area contributed by atoms with Crippen molar-refractivity contribution in [2.75, 3.05) is 6.61 Å². The Labute approximate surface area is 76.9 Å². The van der Waals surface area contributed by atoms with E-state index < -0.39 is 5.97 Å². The number of hydrogen-bond donors (Lipinski definition) is 0. The van der Waals surface area contributed by atoms with Gasteiger partial charge in [-0.05, 0) is 0 Å². The van der Waals surface area contributed by atoms with Crippen LogP contribution in [0.5, 0.6) is 0 Å². The number of carbonyl (C=O) groups is 1. The van der Waals surface area contributed by atoms with Gasteiger partial charge in [-0.3, -0.25) is 0 Å². The fraction of sp³-hybridized carbons (Fsp3) is 0.167. The molecular formula is C6H9NaO2. The van der Waals surface area contributed by atoms with Gasteiger partial charge in [0, 0.05) is 6.08 Å². The number of ether oxygens (including phenoxy) is 1. The summed E-state index contributed by atoms with van der Waals surface area (Å²) in [5.74, 6) is -0.412. The summed E-state index contributed by atoms with van der Waals surface area (Å²) in [6.07, 6.45) is 2.62. The quantitative estimate of drug-likeness (QED) is 0.240. The van der Waals surface area contributed by atoms with Gasteiger partial charge in [0.05, 0.1) is 0 Å². The van der Waals surface area contributed by atoms with Gasteiger partial charge < -0.3 is 4.74 Å². The molecule has 9 heavy (non-hydrogen) atoms. The van der Waals surface area contributed by atoms with Crippen LogP contribution in [0.25, 0.3) is 0 Å². The summed E-state index contributed by atoms with van der Waals surface area (Å²) in [7, 11) is 0. The molecule has 46 valence electrons. The first-order chi connectivity index (χ1) is 3.81. The van der Waals surface area contributed by atoms with Crippen LogP contribution in [-0.2, 0) is 9.53 Å². The van der Waals surface area contributed by atoms with Crippen molar-refractivity contribution in [3.8, 4) is 0 Å². The van der Waals surface area contributed by atoms with Crippen LogP contribution in [0.2, 0.25) is 0 Å². The zero-order chi connectivity index (χ0) is 6.41. The van der Waals surface area contributed by atoms with Crippen molar-refractivity contribution < 1.29 is 9.53 Å². The van der Waals surface area contributed by atoms with Crippen LogP contribution in [0.15, 0.2) is 25.3 Å². The molecule has 0 amide bonds. The van der Waals surface area contributed by atoms with E-state index >= 15 is 0 Å². The molecule has 0 aromatic carbocycles. The summed E-state index contributed by atoms with van der Waals surface area (Å²) in [6.45, 7) is 6.81. The van der Waals surface area contributed by atoms with Gasteiger partial charge in [-0.1, -0.05) is 19.2 Å². The second-order valence-corrected chi connectivity index (χ2v) is 1.12. The molecule has 0 aliphatic carbocycles. The first-order valence-corrected chi connectivity index (χ1v) is 2.21. The third-order valence-electron chi connectivity index (χ3n) is 0.510. The Bertz CT molecular complexity index is 110. The fourth-order valence-corrected chi connectivity index (χ4v) is 0.200. The van der Waals surface area contributed by atoms with Gasteiger partial charge in [0.1, 0.15) is 6.61 Å². The molecule has 0 unspecified atom stereocenters. The van der Waals surface area contributed by atoms with Crippen molar-refractivity contribution in [3.05, 3.63) is 25.3 Å². The predicted molar refractivity (Wildman–Crippen MR) is 38.5 cm³/mol. The molecule has 0 aromatic heterocycles. The Morgan fingerprint density at radius 2 is 2.11 bits per heavy atom. The molecule has 0 saturated carbocycles. The van der Waals surface area contributed by atoms with Crippen molar-refractivity contribution in [2.45, 2.75) is 0 Å². The van der Waals surface area contributed by atoms with E-state index in [1.807, 2.05) is 0 Å². The van der Waals surface area contributed by atoms with Crippen LogP contribution in [0, 0.1) is 0 Å². The normalized spacial score (nSPS) is 6.67. The summed E-state index contributed by atoms with van der Waals surface area (Å²) >= 11 is 0. The fourth-order valence-electron chi connectivity index (χ4n) is 0.200. The minimum absolute atomic E-state index is 0. The number of hydrogen-bond acceptors (Lipinski definition) is 2. The van der Waals surface area contributed by atoms with E-state index in [1.165, 1.54) is 6.08 Å². The summed E-state index contributed by atoms with van der Waals surface area (Å²) in [5.41, 5.74) is 0. The van der Waals surface area contributed by atoms with Crippen molar-refractivity contribution in [1.29, 1.82) is 0 Å². The molecule has 0 radical (unpaired) electrons. The molecule has 0 bridgehead atoms. The van der Waals surface area contributed by atoms with Gasteiger partial charge in [0.15, 0.2) is 0 Å². The van der Waals surface area contributed by atoms with E-state index in [0.717, 1.165) is 6.08 Å². The van der Waals surface area contributed by atoms with Gasteiger partial charge in [0.25, 0.3) is 0 Å². The molecule has 0 aromatic rings. The number of carbonyl (C=O) groups excluding carboxylic acids is 1. The molecule has 0 aliphatic heterocycles. The average Bonchev–Trinajstić information content (AvgIpc) is 1.83. The monoisotopic (exact) mass is 136 g/mol. The molecule has 0 fully saturated rings. The first-order valence-electron chi connectivity index (χ1n) is 2.21. The van der Waals surface area contributed by atoms with Gasteiger partial charge in [-0.15, -0.1) is 0 Å². The molecule has 0 heterocycles. The van der Waals surface area contributed by atoms with Crippen molar-refractivity contribution >= 4 is 35.5 Å². The zero-order valence-corrected chi connectivity index (χ0v) is 4.59. The summed E-state index contributed by atoms with van der Waals surface area (Å²) < 4.78 is 4.47. The molecule has 0 aliphatic rings. The van der Waals surface area contributed by atoms with Gasteiger partial charge in [0.2, 0.25) is 0 Å². The van der Waals surface area contributed by atoms with Gasteiger partial charge >= 0.3 is 35.5 Å². The van der Waals surface area contributed by atoms with E-state index in [-0.39, 0.29) is 36.2 Å².